The van der Waals surface area contributed by atoms with Crippen molar-refractivity contribution in [3.05, 3.63) is 36.5 Å². The van der Waals surface area contributed by atoms with Crippen molar-refractivity contribution in [2.45, 2.75) is 398 Å². The van der Waals surface area contributed by atoms with Gasteiger partial charge < -0.3 is 20.3 Å². The molecule has 0 aliphatic rings. The van der Waals surface area contributed by atoms with E-state index >= 15 is 0 Å². The number of rotatable bonds is 66. The number of allylic oxidation sites excluding steroid dienone is 5. The van der Waals surface area contributed by atoms with Crippen molar-refractivity contribution in [3.8, 4) is 0 Å². The van der Waals surface area contributed by atoms with Gasteiger partial charge in [-0.1, -0.05) is 346 Å². The van der Waals surface area contributed by atoms with E-state index in [-0.39, 0.29) is 18.5 Å². The molecule has 460 valence electrons. The SMILES string of the molecule is CCCCCCCCCCCCCCCCCC/C=C/C(O)C(CO)NC(=O)CCCCCCCCCCCCCCCCC/C=C\C/C=C\CCCCCCCCCCCOC(=O)CCCCCCCCCCCCCC. The zero-order valence-corrected chi connectivity index (χ0v) is 52.7. The van der Waals surface area contributed by atoms with Gasteiger partial charge in [0, 0.05) is 12.8 Å². The van der Waals surface area contributed by atoms with Crippen molar-refractivity contribution in [2.75, 3.05) is 13.2 Å². The minimum atomic E-state index is -0.845. The molecule has 3 N–H and O–H groups in total. The van der Waals surface area contributed by atoms with Crippen LogP contribution in [0.1, 0.15) is 386 Å². The van der Waals surface area contributed by atoms with Crippen molar-refractivity contribution in [2.24, 2.45) is 0 Å². The molecule has 78 heavy (non-hydrogen) atoms. The van der Waals surface area contributed by atoms with Crippen LogP contribution < -0.4 is 5.32 Å². The van der Waals surface area contributed by atoms with Gasteiger partial charge in [-0.2, -0.15) is 0 Å². The van der Waals surface area contributed by atoms with Crippen LogP contribution >= 0.6 is 0 Å². The fraction of sp³-hybridized carbons (Fsp3) is 0.889. The van der Waals surface area contributed by atoms with Crippen molar-refractivity contribution in [3.63, 3.8) is 0 Å². The molecule has 1 amide bonds. The van der Waals surface area contributed by atoms with Crippen LogP contribution in [0.2, 0.25) is 0 Å². The standard InChI is InChI=1S/C72H137NO5/c1-3-5-7-9-11-13-15-17-18-19-35-38-41-44-48-52-56-60-64-70(75)69(68-74)73-71(76)65-61-57-53-49-45-42-39-36-33-31-29-27-25-23-21-20-22-24-26-28-30-32-34-37-40-43-47-51-55-59-63-67-78-72(77)66-62-58-54-50-46-16-14-12-10-8-6-4-2/h22,24,28,30,60,64,69-70,74-75H,3-21,23,25-27,29,31-59,61-63,65-68H2,1-2H3,(H,73,76)/b24-22-,30-28-,64-60+. The Hall–Kier alpha value is -1.92. The number of hydrogen-bond acceptors (Lipinski definition) is 5. The molecular formula is C72H137NO5. The topological polar surface area (TPSA) is 95.9 Å². The van der Waals surface area contributed by atoms with Crippen LogP contribution in [0, 0.1) is 0 Å². The third-order valence-electron chi connectivity index (χ3n) is 16.4. The Bertz CT molecular complexity index is 1260. The summed E-state index contributed by atoms with van der Waals surface area (Å²) >= 11 is 0. The van der Waals surface area contributed by atoms with Gasteiger partial charge in [-0.05, 0) is 64.2 Å². The van der Waals surface area contributed by atoms with E-state index in [0.717, 1.165) is 44.9 Å². The maximum atomic E-state index is 12.5. The fourth-order valence-electron chi connectivity index (χ4n) is 11.0. The monoisotopic (exact) mass is 1100 g/mol. The zero-order valence-electron chi connectivity index (χ0n) is 52.7. The van der Waals surface area contributed by atoms with E-state index in [9.17, 15) is 19.8 Å². The number of nitrogens with one attached hydrogen (secondary N) is 1. The Morgan fingerprint density at radius 2 is 0.641 bits per heavy atom. The van der Waals surface area contributed by atoms with E-state index in [4.69, 9.17) is 4.74 Å². The summed E-state index contributed by atoms with van der Waals surface area (Å²) in [4.78, 5) is 24.5. The number of amides is 1. The third kappa shape index (κ3) is 63.3. The van der Waals surface area contributed by atoms with Gasteiger partial charge in [-0.25, -0.2) is 0 Å². The van der Waals surface area contributed by atoms with Crippen LogP contribution in [0.25, 0.3) is 0 Å². The van der Waals surface area contributed by atoms with Crippen LogP contribution in [0.15, 0.2) is 36.5 Å². The highest BCUT2D eigenvalue weighted by Gasteiger charge is 2.18. The Morgan fingerprint density at radius 1 is 0.359 bits per heavy atom. The molecule has 0 fully saturated rings. The quantitative estimate of drug-likeness (QED) is 0.0320. The van der Waals surface area contributed by atoms with Crippen LogP contribution in [-0.4, -0.2) is 47.4 Å². The zero-order chi connectivity index (χ0) is 56.4. The predicted octanol–water partition coefficient (Wildman–Crippen LogP) is 22.7. The maximum absolute atomic E-state index is 12.5. The van der Waals surface area contributed by atoms with Crippen LogP contribution in [-0.2, 0) is 14.3 Å². The summed E-state index contributed by atoms with van der Waals surface area (Å²) in [7, 11) is 0. The van der Waals surface area contributed by atoms with Crippen LogP contribution in [0.4, 0.5) is 0 Å². The molecule has 0 aromatic heterocycles. The van der Waals surface area contributed by atoms with E-state index in [0.29, 0.717) is 19.4 Å². The van der Waals surface area contributed by atoms with E-state index in [1.54, 1.807) is 6.08 Å². The minimum absolute atomic E-state index is 0.0139. The molecule has 0 heterocycles. The van der Waals surface area contributed by atoms with Gasteiger partial charge in [0.15, 0.2) is 0 Å². The Morgan fingerprint density at radius 3 is 0.974 bits per heavy atom. The molecule has 0 aliphatic carbocycles. The number of ether oxygens (including phenoxy) is 1. The molecular weight excluding hydrogens is 959 g/mol. The first kappa shape index (κ1) is 76.1. The molecule has 0 rings (SSSR count). The number of aliphatic hydroxyl groups excluding tert-OH is 2. The second-order valence-corrected chi connectivity index (χ2v) is 24.2. The molecule has 6 heteroatoms. The summed E-state index contributed by atoms with van der Waals surface area (Å²) in [6, 6.07) is -0.628. The number of aliphatic hydroxyl groups is 2. The summed E-state index contributed by atoms with van der Waals surface area (Å²) in [5.41, 5.74) is 0. The second-order valence-electron chi connectivity index (χ2n) is 24.2. The number of carbonyl (C=O) groups excluding carboxylic acids is 2. The lowest BCUT2D eigenvalue weighted by atomic mass is 10.0. The first-order valence-electron chi connectivity index (χ1n) is 35.3. The van der Waals surface area contributed by atoms with Gasteiger partial charge in [0.05, 0.1) is 25.4 Å². The van der Waals surface area contributed by atoms with Gasteiger partial charge in [0.25, 0.3) is 0 Å². The average molecular weight is 1100 g/mol. The van der Waals surface area contributed by atoms with E-state index in [1.807, 2.05) is 6.08 Å². The third-order valence-corrected chi connectivity index (χ3v) is 16.4. The first-order valence-corrected chi connectivity index (χ1v) is 35.3. The molecule has 0 saturated carbocycles. The summed E-state index contributed by atoms with van der Waals surface area (Å²) in [5, 5.41) is 23.2. The highest BCUT2D eigenvalue weighted by atomic mass is 16.5. The minimum Gasteiger partial charge on any atom is -0.466 e. The molecule has 0 saturated heterocycles. The molecule has 0 bridgehead atoms. The fourth-order valence-corrected chi connectivity index (χ4v) is 11.0. The van der Waals surface area contributed by atoms with Gasteiger partial charge >= 0.3 is 5.97 Å². The van der Waals surface area contributed by atoms with E-state index < -0.39 is 12.1 Å². The number of esters is 1. The lowest BCUT2D eigenvalue weighted by Gasteiger charge is -2.20. The predicted molar refractivity (Wildman–Crippen MR) is 343 cm³/mol. The Labute approximate surface area is 487 Å². The van der Waals surface area contributed by atoms with Gasteiger partial charge in [0.2, 0.25) is 5.91 Å². The second kappa shape index (κ2) is 67.6. The van der Waals surface area contributed by atoms with Crippen LogP contribution in [0.5, 0.6) is 0 Å². The smallest absolute Gasteiger partial charge is 0.305 e. The Balaban J connectivity index is 3.41. The molecule has 0 aliphatic heterocycles. The van der Waals surface area contributed by atoms with E-state index in [1.165, 1.54) is 315 Å². The lowest BCUT2D eigenvalue weighted by molar-refractivity contribution is -0.143. The van der Waals surface area contributed by atoms with E-state index in [2.05, 4.69) is 43.5 Å². The average Bonchev–Trinajstić information content (AvgIpc) is 3.44. The molecule has 0 aromatic rings. The number of carbonyl (C=O) groups is 2. The molecule has 2 atom stereocenters. The van der Waals surface area contributed by atoms with Gasteiger partial charge in [-0.3, -0.25) is 9.59 Å². The van der Waals surface area contributed by atoms with Crippen molar-refractivity contribution in [1.82, 2.24) is 5.32 Å². The normalized spacial score (nSPS) is 12.7. The molecule has 0 spiro atoms. The maximum Gasteiger partial charge on any atom is 0.305 e. The van der Waals surface area contributed by atoms with Gasteiger partial charge in [-0.15, -0.1) is 0 Å². The largest absolute Gasteiger partial charge is 0.466 e. The summed E-state index contributed by atoms with van der Waals surface area (Å²) in [5.74, 6) is -0.0504. The summed E-state index contributed by atoms with van der Waals surface area (Å²) in [6.45, 7) is 4.93. The molecule has 2 unspecified atom stereocenters. The van der Waals surface area contributed by atoms with Crippen LogP contribution in [0.3, 0.4) is 0 Å². The number of unbranched alkanes of at least 4 members (excludes halogenated alkanes) is 51. The van der Waals surface area contributed by atoms with Gasteiger partial charge in [0.1, 0.15) is 0 Å². The lowest BCUT2D eigenvalue weighted by Crippen LogP contribution is -2.45. The summed E-state index contributed by atoms with van der Waals surface area (Å²) < 4.78 is 5.48. The first-order chi connectivity index (χ1) is 38.5. The molecule has 6 nitrogen and oxygen atoms in total. The molecule has 0 aromatic carbocycles. The van der Waals surface area contributed by atoms with Crippen molar-refractivity contribution < 1.29 is 24.5 Å². The highest BCUT2D eigenvalue weighted by Crippen LogP contribution is 2.18. The number of hydrogen-bond donors (Lipinski definition) is 3. The highest BCUT2D eigenvalue weighted by molar-refractivity contribution is 5.76. The summed E-state index contributed by atoms with van der Waals surface area (Å²) in [6.07, 6.45) is 86.5. The Kier molecular flexibility index (Phi) is 65.9. The molecule has 0 radical (unpaired) electrons. The van der Waals surface area contributed by atoms with Crippen molar-refractivity contribution in [1.29, 1.82) is 0 Å². The van der Waals surface area contributed by atoms with Crippen molar-refractivity contribution >= 4 is 11.9 Å².